The first-order valence-corrected chi connectivity index (χ1v) is 9.24. The lowest BCUT2D eigenvalue weighted by molar-refractivity contribution is -0.140. The molecule has 6 heteroatoms. The number of esters is 1. The molecule has 0 saturated carbocycles. The predicted molar refractivity (Wildman–Crippen MR) is 107 cm³/mol. The largest absolute Gasteiger partial charge is 0.469 e. The molecule has 1 amide bonds. The third-order valence-corrected chi connectivity index (χ3v) is 4.89. The van der Waals surface area contributed by atoms with Crippen molar-refractivity contribution >= 4 is 17.6 Å². The maximum Gasteiger partial charge on any atom is 0.305 e. The lowest BCUT2D eigenvalue weighted by Gasteiger charge is -2.24. The van der Waals surface area contributed by atoms with Gasteiger partial charge < -0.3 is 14.5 Å². The molecule has 2 aromatic rings. The molecule has 0 N–H and O–H groups in total. The molecule has 1 heterocycles. The van der Waals surface area contributed by atoms with Gasteiger partial charge in [0.15, 0.2) is 0 Å². The van der Waals surface area contributed by atoms with Crippen LogP contribution >= 0.6 is 0 Å². The molecule has 2 aromatic carbocycles. The Labute approximate surface area is 164 Å². The minimum absolute atomic E-state index is 0.0734. The quantitative estimate of drug-likeness (QED) is 0.568. The third kappa shape index (κ3) is 4.57. The summed E-state index contributed by atoms with van der Waals surface area (Å²) < 4.78 is 4.72. The van der Waals surface area contributed by atoms with Crippen LogP contribution in [-0.2, 0) is 14.4 Å². The van der Waals surface area contributed by atoms with Gasteiger partial charge in [0.05, 0.1) is 19.4 Å². The molecular weight excluding hydrogens is 356 g/mol. The van der Waals surface area contributed by atoms with Gasteiger partial charge in [-0.1, -0.05) is 47.6 Å². The fourth-order valence-electron chi connectivity index (χ4n) is 3.45. The lowest BCUT2D eigenvalue weighted by Crippen LogP contribution is -2.36. The minimum atomic E-state index is -0.281. The second kappa shape index (κ2) is 9.17. The van der Waals surface area contributed by atoms with Crippen molar-refractivity contribution in [2.45, 2.75) is 25.3 Å². The normalized spacial score (nSPS) is 17.6. The highest BCUT2D eigenvalue weighted by Gasteiger charge is 2.34. The molecule has 1 aliphatic heterocycles. The molecule has 6 nitrogen and oxygen atoms in total. The molecule has 0 radical (unpaired) electrons. The van der Waals surface area contributed by atoms with Crippen LogP contribution in [0.4, 0.5) is 0 Å². The Morgan fingerprint density at radius 2 is 1.71 bits per heavy atom. The van der Waals surface area contributed by atoms with Crippen LogP contribution in [0.3, 0.4) is 0 Å². The summed E-state index contributed by atoms with van der Waals surface area (Å²) in [6.07, 6.45) is 1.39. The van der Waals surface area contributed by atoms with Gasteiger partial charge in [0.25, 0.3) is 5.91 Å². The van der Waals surface area contributed by atoms with Gasteiger partial charge in [-0.3, -0.25) is 9.59 Å². The van der Waals surface area contributed by atoms with Gasteiger partial charge in [-0.2, -0.15) is 0 Å². The maximum absolute atomic E-state index is 13.1. The van der Waals surface area contributed by atoms with Crippen LogP contribution in [-0.4, -0.2) is 49.3 Å². The topological polar surface area (TPSA) is 68.2 Å². The Hall–Kier alpha value is -3.15. The SMILES string of the molecule is CO/N=C1/C[C@@H](CCC(=O)OC)N(C(=O)c2ccc(-c3ccccc3)cc2)C1. The van der Waals surface area contributed by atoms with Crippen LogP contribution < -0.4 is 0 Å². The highest BCUT2D eigenvalue weighted by molar-refractivity contribution is 6.00. The molecule has 1 aliphatic rings. The van der Waals surface area contributed by atoms with Crippen molar-refractivity contribution in [2.24, 2.45) is 5.16 Å². The van der Waals surface area contributed by atoms with E-state index in [1.54, 1.807) is 4.90 Å². The standard InChI is InChI=1S/C22H24N2O4/c1-27-21(25)13-12-20-14-19(23-28-2)15-24(20)22(26)18-10-8-17(9-11-18)16-6-4-3-5-7-16/h3-11,20H,12-15H2,1-2H3/b23-19-/t20-/m1/s1. The van der Waals surface area contributed by atoms with Crippen LogP contribution in [0, 0.1) is 0 Å². The van der Waals surface area contributed by atoms with Crippen LogP contribution in [0.1, 0.15) is 29.6 Å². The minimum Gasteiger partial charge on any atom is -0.469 e. The van der Waals surface area contributed by atoms with E-state index in [1.165, 1.54) is 14.2 Å². The van der Waals surface area contributed by atoms with E-state index < -0.39 is 0 Å². The first kappa shape index (κ1) is 19.6. The van der Waals surface area contributed by atoms with Crippen molar-refractivity contribution in [3.63, 3.8) is 0 Å². The second-order valence-corrected chi connectivity index (χ2v) is 6.69. The summed E-state index contributed by atoms with van der Waals surface area (Å²) in [7, 11) is 2.86. The van der Waals surface area contributed by atoms with Crippen molar-refractivity contribution in [1.82, 2.24) is 4.90 Å². The van der Waals surface area contributed by atoms with E-state index in [9.17, 15) is 9.59 Å². The summed E-state index contributed by atoms with van der Waals surface area (Å²) in [5, 5.41) is 4.01. The molecule has 28 heavy (non-hydrogen) atoms. The molecule has 0 bridgehead atoms. The number of carbonyl (C=O) groups is 2. The summed E-state index contributed by atoms with van der Waals surface area (Å²) >= 11 is 0. The molecule has 0 spiro atoms. The Bertz CT molecular complexity index is 847. The Morgan fingerprint density at radius 1 is 1.04 bits per heavy atom. The summed E-state index contributed by atoms with van der Waals surface area (Å²) in [4.78, 5) is 31.2. The van der Waals surface area contributed by atoms with E-state index >= 15 is 0 Å². The zero-order chi connectivity index (χ0) is 19.9. The zero-order valence-electron chi connectivity index (χ0n) is 16.1. The second-order valence-electron chi connectivity index (χ2n) is 6.69. The van der Waals surface area contributed by atoms with Crippen LogP contribution in [0.15, 0.2) is 59.8 Å². The molecule has 1 atom stereocenters. The average Bonchev–Trinajstić information content (AvgIpc) is 3.15. The van der Waals surface area contributed by atoms with Gasteiger partial charge in [-0.15, -0.1) is 0 Å². The smallest absolute Gasteiger partial charge is 0.305 e. The number of likely N-dealkylation sites (tertiary alicyclic amines) is 1. The zero-order valence-corrected chi connectivity index (χ0v) is 16.1. The Morgan fingerprint density at radius 3 is 2.36 bits per heavy atom. The molecular formula is C22H24N2O4. The molecule has 3 rings (SSSR count). The molecule has 0 unspecified atom stereocenters. The molecule has 1 fully saturated rings. The third-order valence-electron chi connectivity index (χ3n) is 4.89. The first-order valence-electron chi connectivity index (χ1n) is 9.24. The predicted octanol–water partition coefficient (Wildman–Crippen LogP) is 3.52. The van der Waals surface area contributed by atoms with Gasteiger partial charge in [0.2, 0.25) is 0 Å². The highest BCUT2D eigenvalue weighted by Crippen LogP contribution is 2.25. The van der Waals surface area contributed by atoms with Gasteiger partial charge in [-0.25, -0.2) is 0 Å². The monoisotopic (exact) mass is 380 g/mol. The molecule has 0 aromatic heterocycles. The number of rotatable bonds is 6. The first-order chi connectivity index (χ1) is 13.6. The Balaban J connectivity index is 1.76. The van der Waals surface area contributed by atoms with E-state index in [-0.39, 0.29) is 24.3 Å². The van der Waals surface area contributed by atoms with Crippen LogP contribution in [0.2, 0.25) is 0 Å². The summed E-state index contributed by atoms with van der Waals surface area (Å²) in [6.45, 7) is 0.402. The number of nitrogens with zero attached hydrogens (tertiary/aromatic N) is 2. The number of ether oxygens (including phenoxy) is 1. The van der Waals surface area contributed by atoms with Crippen molar-refractivity contribution in [3.05, 3.63) is 60.2 Å². The summed E-state index contributed by atoms with van der Waals surface area (Å²) in [5.41, 5.74) is 3.57. The van der Waals surface area contributed by atoms with Gasteiger partial charge in [-0.05, 0) is 29.7 Å². The van der Waals surface area contributed by atoms with E-state index in [0.717, 1.165) is 16.8 Å². The number of methoxy groups -OCH3 is 1. The summed E-state index contributed by atoms with van der Waals surface area (Å²) in [6, 6.07) is 17.5. The fourth-order valence-corrected chi connectivity index (χ4v) is 3.45. The number of hydrogen-bond acceptors (Lipinski definition) is 5. The molecule has 1 saturated heterocycles. The Kier molecular flexibility index (Phi) is 6.42. The van der Waals surface area contributed by atoms with E-state index in [4.69, 9.17) is 9.57 Å². The fraction of sp³-hybridized carbons (Fsp3) is 0.318. The van der Waals surface area contributed by atoms with Crippen molar-refractivity contribution < 1.29 is 19.2 Å². The van der Waals surface area contributed by atoms with Gasteiger partial charge >= 0.3 is 5.97 Å². The van der Waals surface area contributed by atoms with Gasteiger partial charge in [0, 0.05) is 24.4 Å². The number of benzene rings is 2. The average molecular weight is 380 g/mol. The summed E-state index contributed by atoms with van der Waals surface area (Å²) in [5.74, 6) is -0.354. The van der Waals surface area contributed by atoms with Crippen molar-refractivity contribution in [3.8, 4) is 11.1 Å². The van der Waals surface area contributed by atoms with E-state index in [0.29, 0.717) is 24.9 Å². The number of oxime groups is 1. The van der Waals surface area contributed by atoms with E-state index in [1.807, 2.05) is 54.6 Å². The number of hydrogen-bond donors (Lipinski definition) is 0. The van der Waals surface area contributed by atoms with Crippen LogP contribution in [0.25, 0.3) is 11.1 Å². The maximum atomic E-state index is 13.1. The number of carbonyl (C=O) groups excluding carboxylic acids is 2. The molecule has 0 aliphatic carbocycles. The lowest BCUT2D eigenvalue weighted by atomic mass is 10.0. The van der Waals surface area contributed by atoms with Crippen molar-refractivity contribution in [2.75, 3.05) is 20.8 Å². The van der Waals surface area contributed by atoms with E-state index in [2.05, 4.69) is 5.16 Å². The van der Waals surface area contributed by atoms with Crippen LogP contribution in [0.5, 0.6) is 0 Å². The van der Waals surface area contributed by atoms with Crippen molar-refractivity contribution in [1.29, 1.82) is 0 Å². The molecule has 146 valence electrons. The highest BCUT2D eigenvalue weighted by atomic mass is 16.6. The number of amides is 1. The van der Waals surface area contributed by atoms with Gasteiger partial charge in [0.1, 0.15) is 7.11 Å².